The summed E-state index contributed by atoms with van der Waals surface area (Å²) in [5.74, 6) is -0.811. The van der Waals surface area contributed by atoms with Gasteiger partial charge in [0.1, 0.15) is 5.54 Å². The molecule has 1 N–H and O–H groups in total. The standard InChI is InChI=1S/C21H28N2O3/c1-20(2,3)17-9-6-16(7-10-17)8-11-19(25)26-14-18(24)23-21(15-22)12-4-5-13-21/h6-7,9-10H,4-5,8,11-14H2,1-3H3,(H,23,24). The molecule has 0 saturated heterocycles. The molecule has 0 radical (unpaired) electrons. The number of hydrogen-bond donors (Lipinski definition) is 1. The van der Waals surface area contributed by atoms with E-state index >= 15 is 0 Å². The molecule has 1 fully saturated rings. The Bertz CT molecular complexity index is 675. The first kappa shape index (κ1) is 20.0. The van der Waals surface area contributed by atoms with Crippen LogP contribution in [0.4, 0.5) is 0 Å². The maximum atomic E-state index is 11.9. The molecule has 0 heterocycles. The van der Waals surface area contributed by atoms with E-state index in [0.717, 1.165) is 18.4 Å². The highest BCUT2D eigenvalue weighted by Gasteiger charge is 2.35. The fourth-order valence-corrected chi connectivity index (χ4v) is 3.18. The molecular formula is C21H28N2O3. The van der Waals surface area contributed by atoms with Crippen LogP contribution in [-0.4, -0.2) is 24.0 Å². The third-order valence-electron chi connectivity index (χ3n) is 4.85. The number of hydrogen-bond acceptors (Lipinski definition) is 4. The van der Waals surface area contributed by atoms with Gasteiger partial charge < -0.3 is 10.1 Å². The van der Waals surface area contributed by atoms with Crippen LogP contribution in [-0.2, 0) is 26.2 Å². The van der Waals surface area contributed by atoms with E-state index in [4.69, 9.17) is 4.74 Å². The number of nitrogens with zero attached hydrogens (tertiary/aromatic N) is 1. The fraction of sp³-hybridized carbons (Fsp3) is 0.571. The highest BCUT2D eigenvalue weighted by atomic mass is 16.5. The zero-order valence-corrected chi connectivity index (χ0v) is 15.9. The second-order valence-electron chi connectivity index (χ2n) is 8.06. The predicted octanol–water partition coefficient (Wildman–Crippen LogP) is 3.41. The summed E-state index contributed by atoms with van der Waals surface area (Å²) in [7, 11) is 0. The van der Waals surface area contributed by atoms with Gasteiger partial charge in [0, 0.05) is 6.42 Å². The Hall–Kier alpha value is -2.35. The average Bonchev–Trinajstić information content (AvgIpc) is 3.06. The van der Waals surface area contributed by atoms with Crippen molar-refractivity contribution in [2.75, 3.05) is 6.61 Å². The predicted molar refractivity (Wildman–Crippen MR) is 99.4 cm³/mol. The first-order valence-corrected chi connectivity index (χ1v) is 9.21. The number of ether oxygens (including phenoxy) is 1. The van der Waals surface area contributed by atoms with Gasteiger partial charge in [0.25, 0.3) is 5.91 Å². The molecule has 0 aliphatic heterocycles. The number of nitrogens with one attached hydrogen (secondary N) is 1. The number of carbonyl (C=O) groups excluding carboxylic acids is 2. The smallest absolute Gasteiger partial charge is 0.306 e. The van der Waals surface area contributed by atoms with Gasteiger partial charge in [0.15, 0.2) is 6.61 Å². The molecule has 140 valence electrons. The van der Waals surface area contributed by atoms with Gasteiger partial charge in [-0.1, -0.05) is 45.0 Å². The van der Waals surface area contributed by atoms with Gasteiger partial charge in [-0.25, -0.2) is 0 Å². The summed E-state index contributed by atoms with van der Waals surface area (Å²) >= 11 is 0. The molecule has 1 aromatic rings. The summed E-state index contributed by atoms with van der Waals surface area (Å²) in [5, 5.41) is 12.0. The van der Waals surface area contributed by atoms with Crippen molar-refractivity contribution < 1.29 is 14.3 Å². The zero-order chi connectivity index (χ0) is 19.2. The lowest BCUT2D eigenvalue weighted by atomic mass is 9.86. The summed E-state index contributed by atoms with van der Waals surface area (Å²) in [6.07, 6.45) is 3.99. The summed E-state index contributed by atoms with van der Waals surface area (Å²) in [5.41, 5.74) is 1.64. The maximum Gasteiger partial charge on any atom is 0.306 e. The molecule has 2 rings (SSSR count). The Morgan fingerprint density at radius 2 is 1.81 bits per heavy atom. The average molecular weight is 356 g/mol. The van der Waals surface area contributed by atoms with Crippen LogP contribution in [0.15, 0.2) is 24.3 Å². The third kappa shape index (κ3) is 5.59. The molecule has 0 spiro atoms. The van der Waals surface area contributed by atoms with Crippen LogP contribution in [0.2, 0.25) is 0 Å². The van der Waals surface area contributed by atoms with Crippen molar-refractivity contribution in [3.63, 3.8) is 0 Å². The minimum absolute atomic E-state index is 0.102. The van der Waals surface area contributed by atoms with Gasteiger partial charge in [-0.05, 0) is 48.6 Å². The van der Waals surface area contributed by atoms with E-state index in [1.165, 1.54) is 5.56 Å². The van der Waals surface area contributed by atoms with Crippen LogP contribution in [0.1, 0.15) is 64.0 Å². The minimum atomic E-state index is -0.779. The Kier molecular flexibility index (Phi) is 6.42. The molecule has 0 bridgehead atoms. The van der Waals surface area contributed by atoms with Crippen LogP contribution in [0.5, 0.6) is 0 Å². The van der Waals surface area contributed by atoms with Crippen molar-refractivity contribution >= 4 is 11.9 Å². The molecule has 0 unspecified atom stereocenters. The summed E-state index contributed by atoms with van der Waals surface area (Å²) in [4.78, 5) is 23.8. The number of esters is 1. The molecule has 5 nitrogen and oxygen atoms in total. The number of amides is 1. The van der Waals surface area contributed by atoms with E-state index in [-0.39, 0.29) is 18.4 Å². The number of rotatable bonds is 6. The van der Waals surface area contributed by atoms with E-state index < -0.39 is 17.4 Å². The highest BCUT2D eigenvalue weighted by Crippen LogP contribution is 2.28. The zero-order valence-electron chi connectivity index (χ0n) is 15.9. The number of carbonyl (C=O) groups is 2. The van der Waals surface area contributed by atoms with Crippen molar-refractivity contribution in [3.8, 4) is 6.07 Å². The van der Waals surface area contributed by atoms with Crippen molar-refractivity contribution in [2.45, 2.75) is 70.3 Å². The van der Waals surface area contributed by atoms with Crippen LogP contribution in [0, 0.1) is 11.3 Å². The van der Waals surface area contributed by atoms with Crippen molar-refractivity contribution in [3.05, 3.63) is 35.4 Å². The van der Waals surface area contributed by atoms with E-state index in [9.17, 15) is 14.9 Å². The van der Waals surface area contributed by atoms with Crippen LogP contribution >= 0.6 is 0 Å². The lowest BCUT2D eigenvalue weighted by Crippen LogP contribution is -2.46. The van der Waals surface area contributed by atoms with Gasteiger partial charge in [0.2, 0.25) is 0 Å². The first-order valence-electron chi connectivity index (χ1n) is 9.21. The number of benzene rings is 1. The number of aryl methyl sites for hydroxylation is 1. The van der Waals surface area contributed by atoms with Gasteiger partial charge in [-0.3, -0.25) is 9.59 Å². The molecule has 5 heteroatoms. The van der Waals surface area contributed by atoms with Crippen LogP contribution in [0.3, 0.4) is 0 Å². The lowest BCUT2D eigenvalue weighted by molar-refractivity contribution is -0.148. The summed E-state index contributed by atoms with van der Waals surface area (Å²) in [6.45, 7) is 6.15. The fourth-order valence-electron chi connectivity index (χ4n) is 3.18. The van der Waals surface area contributed by atoms with E-state index in [0.29, 0.717) is 19.3 Å². The SMILES string of the molecule is CC(C)(C)c1ccc(CCC(=O)OCC(=O)NC2(C#N)CCCC2)cc1. The summed E-state index contributed by atoms with van der Waals surface area (Å²) < 4.78 is 5.04. The molecule has 0 aromatic heterocycles. The monoisotopic (exact) mass is 356 g/mol. The maximum absolute atomic E-state index is 11.9. The van der Waals surface area contributed by atoms with Crippen molar-refractivity contribution in [1.29, 1.82) is 5.26 Å². The molecule has 1 aliphatic carbocycles. The van der Waals surface area contributed by atoms with Crippen molar-refractivity contribution in [2.24, 2.45) is 0 Å². The molecular weight excluding hydrogens is 328 g/mol. The Labute approximate surface area is 155 Å². The Balaban J connectivity index is 1.73. The quantitative estimate of drug-likeness (QED) is 0.792. The Morgan fingerprint density at radius 1 is 1.19 bits per heavy atom. The van der Waals surface area contributed by atoms with Gasteiger partial charge in [-0.15, -0.1) is 0 Å². The van der Waals surface area contributed by atoms with E-state index in [2.05, 4.69) is 44.3 Å². The van der Waals surface area contributed by atoms with Gasteiger partial charge >= 0.3 is 5.97 Å². The lowest BCUT2D eigenvalue weighted by Gasteiger charge is -2.21. The first-order chi connectivity index (χ1) is 12.2. The molecule has 1 amide bonds. The number of nitriles is 1. The van der Waals surface area contributed by atoms with Gasteiger partial charge in [0.05, 0.1) is 6.07 Å². The minimum Gasteiger partial charge on any atom is -0.456 e. The highest BCUT2D eigenvalue weighted by molar-refractivity contribution is 5.81. The van der Waals surface area contributed by atoms with E-state index in [1.54, 1.807) is 0 Å². The topological polar surface area (TPSA) is 79.2 Å². The van der Waals surface area contributed by atoms with Gasteiger partial charge in [-0.2, -0.15) is 5.26 Å². The van der Waals surface area contributed by atoms with Crippen molar-refractivity contribution in [1.82, 2.24) is 5.32 Å². The molecule has 0 atom stereocenters. The second-order valence-corrected chi connectivity index (χ2v) is 8.06. The van der Waals surface area contributed by atoms with Crippen LogP contribution < -0.4 is 5.32 Å². The molecule has 1 aromatic carbocycles. The third-order valence-corrected chi connectivity index (χ3v) is 4.85. The molecule has 26 heavy (non-hydrogen) atoms. The largest absolute Gasteiger partial charge is 0.456 e. The second kappa shape index (κ2) is 8.35. The molecule has 1 saturated carbocycles. The normalized spacial score (nSPS) is 15.9. The Morgan fingerprint density at radius 3 is 2.35 bits per heavy atom. The van der Waals surface area contributed by atoms with Crippen LogP contribution in [0.25, 0.3) is 0 Å². The van der Waals surface area contributed by atoms with E-state index in [1.807, 2.05) is 12.1 Å². The molecule has 1 aliphatic rings. The summed E-state index contributed by atoms with van der Waals surface area (Å²) in [6, 6.07) is 10.4.